The van der Waals surface area contributed by atoms with Gasteiger partial charge in [0.15, 0.2) is 0 Å². The van der Waals surface area contributed by atoms with Gasteiger partial charge in [-0.15, -0.1) is 0 Å². The lowest BCUT2D eigenvalue weighted by Crippen LogP contribution is -2.28. The summed E-state index contributed by atoms with van der Waals surface area (Å²) in [4.78, 5) is 16.3. The maximum atomic E-state index is 12.0. The van der Waals surface area contributed by atoms with Crippen LogP contribution in [0, 0.1) is 0 Å². The van der Waals surface area contributed by atoms with Crippen molar-refractivity contribution >= 4 is 5.91 Å². The lowest BCUT2D eigenvalue weighted by molar-refractivity contribution is -0.121. The van der Waals surface area contributed by atoms with Crippen molar-refractivity contribution in [1.29, 1.82) is 0 Å². The molecule has 8 heteroatoms. The molecular weight excluding hydrogens is 374 g/mol. The number of hydrogen-bond acceptors (Lipinski definition) is 7. The first-order valence-electron chi connectivity index (χ1n) is 9.19. The van der Waals surface area contributed by atoms with E-state index in [0.29, 0.717) is 37.0 Å². The minimum Gasteiger partial charge on any atom is -0.497 e. The molecule has 8 nitrogen and oxygen atoms in total. The van der Waals surface area contributed by atoms with E-state index in [0.717, 1.165) is 17.1 Å². The molecule has 152 valence electrons. The average Bonchev–Trinajstić information content (AvgIpc) is 3.24. The van der Waals surface area contributed by atoms with Crippen LogP contribution in [-0.2, 0) is 11.2 Å². The van der Waals surface area contributed by atoms with Crippen LogP contribution >= 0.6 is 0 Å². The molecule has 3 aromatic rings. The number of nitrogens with one attached hydrogen (secondary N) is 1. The van der Waals surface area contributed by atoms with Crippen molar-refractivity contribution in [3.63, 3.8) is 0 Å². The number of rotatable bonds is 10. The maximum absolute atomic E-state index is 12.0. The van der Waals surface area contributed by atoms with Gasteiger partial charge in [-0.25, -0.2) is 0 Å². The standard InChI is InChI=1S/C21H23N3O5/c1-26-15-7-9-16(10-8-15)28-14-13-22-19(25)11-12-20-23-21(24-29-20)17-5-3-4-6-18(17)27-2/h3-10H,11-14H2,1-2H3,(H,22,25). The van der Waals surface area contributed by atoms with Crippen molar-refractivity contribution in [2.45, 2.75) is 12.8 Å². The van der Waals surface area contributed by atoms with E-state index in [4.69, 9.17) is 18.7 Å². The lowest BCUT2D eigenvalue weighted by Gasteiger charge is -2.08. The van der Waals surface area contributed by atoms with E-state index in [2.05, 4.69) is 15.5 Å². The number of aromatic nitrogens is 2. The van der Waals surface area contributed by atoms with E-state index in [9.17, 15) is 4.79 Å². The summed E-state index contributed by atoms with van der Waals surface area (Å²) < 4.78 is 21.2. The van der Waals surface area contributed by atoms with Crippen LogP contribution in [0.5, 0.6) is 17.2 Å². The molecule has 0 unspecified atom stereocenters. The molecule has 0 atom stereocenters. The number of para-hydroxylation sites is 1. The highest BCUT2D eigenvalue weighted by atomic mass is 16.5. The van der Waals surface area contributed by atoms with E-state index < -0.39 is 0 Å². The molecule has 0 saturated carbocycles. The summed E-state index contributed by atoms with van der Waals surface area (Å²) in [6.45, 7) is 0.776. The smallest absolute Gasteiger partial charge is 0.227 e. The van der Waals surface area contributed by atoms with Gasteiger partial charge in [-0.1, -0.05) is 17.3 Å². The van der Waals surface area contributed by atoms with Crippen molar-refractivity contribution in [3.05, 3.63) is 54.4 Å². The number of nitrogens with zero attached hydrogens (tertiary/aromatic N) is 2. The van der Waals surface area contributed by atoms with Crippen molar-refractivity contribution < 1.29 is 23.5 Å². The molecular formula is C21H23N3O5. The Morgan fingerprint density at radius 2 is 1.79 bits per heavy atom. The van der Waals surface area contributed by atoms with Crippen molar-refractivity contribution in [3.8, 4) is 28.6 Å². The Morgan fingerprint density at radius 1 is 1.03 bits per heavy atom. The fourth-order valence-corrected chi connectivity index (χ4v) is 2.64. The van der Waals surface area contributed by atoms with Gasteiger partial charge in [0.05, 0.1) is 26.3 Å². The van der Waals surface area contributed by atoms with E-state index in [1.54, 1.807) is 14.2 Å². The number of benzene rings is 2. The monoisotopic (exact) mass is 397 g/mol. The zero-order valence-electron chi connectivity index (χ0n) is 16.4. The summed E-state index contributed by atoms with van der Waals surface area (Å²) in [7, 11) is 3.20. The summed E-state index contributed by atoms with van der Waals surface area (Å²) in [5, 5.41) is 6.77. The fraction of sp³-hybridized carbons (Fsp3) is 0.286. The first-order chi connectivity index (χ1) is 14.2. The van der Waals surface area contributed by atoms with E-state index >= 15 is 0 Å². The number of ether oxygens (including phenoxy) is 3. The predicted octanol–water partition coefficient (Wildman–Crippen LogP) is 2.88. The molecule has 0 aliphatic rings. The molecule has 29 heavy (non-hydrogen) atoms. The van der Waals surface area contributed by atoms with Gasteiger partial charge in [0.1, 0.15) is 23.9 Å². The van der Waals surface area contributed by atoms with Crippen LogP contribution in [0.25, 0.3) is 11.4 Å². The van der Waals surface area contributed by atoms with E-state index in [-0.39, 0.29) is 12.3 Å². The van der Waals surface area contributed by atoms with Gasteiger partial charge in [-0.05, 0) is 36.4 Å². The van der Waals surface area contributed by atoms with E-state index in [1.807, 2.05) is 48.5 Å². The number of carbonyl (C=O) groups is 1. The summed E-state index contributed by atoms with van der Waals surface area (Å²) >= 11 is 0. The number of carbonyl (C=O) groups excluding carboxylic acids is 1. The molecule has 1 N–H and O–H groups in total. The number of aryl methyl sites for hydroxylation is 1. The quantitative estimate of drug-likeness (QED) is 0.526. The summed E-state index contributed by atoms with van der Waals surface area (Å²) in [6.07, 6.45) is 0.601. The fourth-order valence-electron chi connectivity index (χ4n) is 2.64. The third-order valence-corrected chi connectivity index (χ3v) is 4.13. The molecule has 1 heterocycles. The SMILES string of the molecule is COc1ccc(OCCNC(=O)CCc2nc(-c3ccccc3OC)no2)cc1. The first-order valence-corrected chi connectivity index (χ1v) is 9.19. The van der Waals surface area contributed by atoms with Gasteiger partial charge in [-0.2, -0.15) is 4.98 Å². The summed E-state index contributed by atoms with van der Waals surface area (Å²) in [5.41, 5.74) is 0.741. The lowest BCUT2D eigenvalue weighted by atomic mass is 10.2. The molecule has 0 bridgehead atoms. The van der Waals surface area contributed by atoms with Crippen LogP contribution in [0.2, 0.25) is 0 Å². The van der Waals surface area contributed by atoms with Crippen molar-refractivity contribution in [2.75, 3.05) is 27.4 Å². The molecule has 2 aromatic carbocycles. The molecule has 1 amide bonds. The highest BCUT2D eigenvalue weighted by molar-refractivity contribution is 5.76. The van der Waals surface area contributed by atoms with Gasteiger partial charge in [0.25, 0.3) is 0 Å². The van der Waals surface area contributed by atoms with Crippen molar-refractivity contribution in [1.82, 2.24) is 15.5 Å². The third kappa shape index (κ3) is 5.71. The molecule has 0 aliphatic carbocycles. The van der Waals surface area contributed by atoms with E-state index in [1.165, 1.54) is 0 Å². The molecule has 0 fully saturated rings. The van der Waals surface area contributed by atoms with Crippen LogP contribution in [0.4, 0.5) is 0 Å². The Morgan fingerprint density at radius 3 is 2.55 bits per heavy atom. The first kappa shape index (κ1) is 20.2. The molecule has 3 rings (SSSR count). The van der Waals surface area contributed by atoms with Gasteiger partial charge >= 0.3 is 0 Å². The Labute approximate surface area is 168 Å². The second-order valence-electron chi connectivity index (χ2n) is 6.09. The zero-order chi connectivity index (χ0) is 20.5. The minimum atomic E-state index is -0.111. The Balaban J connectivity index is 1.40. The molecule has 0 aliphatic heterocycles. The minimum absolute atomic E-state index is 0.111. The number of amides is 1. The van der Waals surface area contributed by atoms with Gasteiger partial charge in [0, 0.05) is 12.8 Å². The molecule has 0 spiro atoms. The zero-order valence-corrected chi connectivity index (χ0v) is 16.4. The second kappa shape index (κ2) is 10.1. The normalized spacial score (nSPS) is 10.4. The molecule has 1 aromatic heterocycles. The topological polar surface area (TPSA) is 95.7 Å². The Kier molecular flexibility index (Phi) is 7.05. The molecule has 0 radical (unpaired) electrons. The maximum Gasteiger partial charge on any atom is 0.227 e. The van der Waals surface area contributed by atoms with Crippen molar-refractivity contribution in [2.24, 2.45) is 0 Å². The van der Waals surface area contributed by atoms with Crippen LogP contribution in [-0.4, -0.2) is 43.4 Å². The molecule has 0 saturated heterocycles. The van der Waals surface area contributed by atoms with Gasteiger partial charge < -0.3 is 24.1 Å². The number of methoxy groups -OCH3 is 2. The van der Waals surface area contributed by atoms with Gasteiger partial charge in [-0.3, -0.25) is 4.79 Å². The Bertz CT molecular complexity index is 924. The Hall–Kier alpha value is -3.55. The largest absolute Gasteiger partial charge is 0.497 e. The highest BCUT2D eigenvalue weighted by Gasteiger charge is 2.13. The van der Waals surface area contributed by atoms with Crippen LogP contribution in [0.3, 0.4) is 0 Å². The average molecular weight is 397 g/mol. The third-order valence-electron chi connectivity index (χ3n) is 4.13. The predicted molar refractivity (Wildman–Crippen MR) is 106 cm³/mol. The number of hydrogen-bond donors (Lipinski definition) is 1. The van der Waals surface area contributed by atoms with Crippen LogP contribution < -0.4 is 19.5 Å². The van der Waals surface area contributed by atoms with Gasteiger partial charge in [0.2, 0.25) is 17.6 Å². The summed E-state index contributed by atoms with van der Waals surface area (Å²) in [6, 6.07) is 14.7. The van der Waals surface area contributed by atoms with Crippen LogP contribution in [0.1, 0.15) is 12.3 Å². The van der Waals surface area contributed by atoms with Crippen LogP contribution in [0.15, 0.2) is 53.1 Å². The second-order valence-corrected chi connectivity index (χ2v) is 6.09. The summed E-state index contributed by atoms with van der Waals surface area (Å²) in [5.74, 6) is 2.87. The highest BCUT2D eigenvalue weighted by Crippen LogP contribution is 2.27.